The van der Waals surface area contributed by atoms with E-state index in [0.717, 1.165) is 5.56 Å². The average Bonchev–Trinajstić information content (AvgIpc) is 2.89. The largest absolute Gasteiger partial charge is 0.338 e. The number of hydrogen-bond acceptors (Lipinski definition) is 3. The maximum atomic E-state index is 12.2. The number of amides is 3. The van der Waals surface area contributed by atoms with Crippen LogP contribution in [0.1, 0.15) is 22.2 Å². The Bertz CT molecular complexity index is 700. The van der Waals surface area contributed by atoms with Gasteiger partial charge in [-0.3, -0.25) is 4.79 Å². The molecule has 3 N–H and O–H groups in total. The molecular weight excluding hydrogens is 322 g/mol. The lowest BCUT2D eigenvalue weighted by Crippen LogP contribution is -2.28. The molecule has 0 aliphatic heterocycles. The predicted octanol–water partition coefficient (Wildman–Crippen LogP) is 4.10. The molecule has 116 valence electrons. The third kappa shape index (κ3) is 4.22. The summed E-state index contributed by atoms with van der Waals surface area (Å²) in [6, 6.07) is 8.40. The summed E-state index contributed by atoms with van der Waals surface area (Å²) in [5.74, 6) is -0.227. The van der Waals surface area contributed by atoms with Crippen molar-refractivity contribution in [1.29, 1.82) is 0 Å². The Morgan fingerprint density at radius 1 is 1.18 bits per heavy atom. The van der Waals surface area contributed by atoms with Crippen molar-refractivity contribution in [3.63, 3.8) is 0 Å². The predicted molar refractivity (Wildman–Crippen MR) is 91.2 cm³/mol. The number of rotatable bonds is 4. The SMILES string of the molecule is CCNC(=O)Nc1ccc(C)c(NC(=O)c2ccc(Cl)s2)c1. The molecule has 1 heterocycles. The number of benzene rings is 1. The van der Waals surface area contributed by atoms with E-state index in [0.29, 0.717) is 27.1 Å². The Balaban J connectivity index is 2.13. The lowest BCUT2D eigenvalue weighted by molar-refractivity contribution is 0.103. The van der Waals surface area contributed by atoms with Crippen molar-refractivity contribution < 1.29 is 9.59 Å². The molecule has 5 nitrogen and oxygen atoms in total. The minimum absolute atomic E-state index is 0.227. The second-order valence-electron chi connectivity index (χ2n) is 4.57. The van der Waals surface area contributed by atoms with Gasteiger partial charge in [0, 0.05) is 17.9 Å². The van der Waals surface area contributed by atoms with E-state index in [1.807, 2.05) is 19.9 Å². The zero-order valence-corrected chi connectivity index (χ0v) is 13.8. The van der Waals surface area contributed by atoms with Gasteiger partial charge in [-0.25, -0.2) is 4.79 Å². The van der Waals surface area contributed by atoms with Crippen LogP contribution in [0.4, 0.5) is 16.2 Å². The molecule has 0 bridgehead atoms. The van der Waals surface area contributed by atoms with E-state index in [2.05, 4.69) is 16.0 Å². The monoisotopic (exact) mass is 337 g/mol. The Labute approximate surface area is 137 Å². The summed E-state index contributed by atoms with van der Waals surface area (Å²) >= 11 is 7.05. The normalized spacial score (nSPS) is 10.1. The zero-order chi connectivity index (χ0) is 16.1. The molecule has 2 aromatic rings. The second kappa shape index (κ2) is 7.29. The highest BCUT2D eigenvalue weighted by Crippen LogP contribution is 2.24. The molecule has 0 unspecified atom stereocenters. The first kappa shape index (κ1) is 16.3. The van der Waals surface area contributed by atoms with Crippen molar-refractivity contribution in [3.05, 3.63) is 45.1 Å². The van der Waals surface area contributed by atoms with E-state index in [9.17, 15) is 9.59 Å². The standard InChI is InChI=1S/C15H16ClN3O2S/c1-3-17-15(21)18-10-5-4-9(2)11(8-10)19-14(20)12-6-7-13(16)22-12/h4-8H,3H2,1-2H3,(H,19,20)(H2,17,18,21). The number of aryl methyl sites for hydroxylation is 1. The van der Waals surface area contributed by atoms with Gasteiger partial charge in [0.1, 0.15) is 0 Å². The van der Waals surface area contributed by atoms with Gasteiger partial charge < -0.3 is 16.0 Å². The average molecular weight is 338 g/mol. The van der Waals surface area contributed by atoms with Crippen molar-refractivity contribution in [3.8, 4) is 0 Å². The molecule has 7 heteroatoms. The fourth-order valence-corrected chi connectivity index (χ4v) is 2.73. The summed E-state index contributed by atoms with van der Waals surface area (Å²) in [6.45, 7) is 4.26. The third-order valence-corrected chi connectivity index (χ3v) is 4.11. The molecule has 22 heavy (non-hydrogen) atoms. The minimum atomic E-state index is -0.284. The van der Waals surface area contributed by atoms with Crippen molar-refractivity contribution in [1.82, 2.24) is 5.32 Å². The molecule has 1 aromatic carbocycles. The minimum Gasteiger partial charge on any atom is -0.338 e. The second-order valence-corrected chi connectivity index (χ2v) is 6.29. The maximum absolute atomic E-state index is 12.2. The number of halogens is 1. The Morgan fingerprint density at radius 3 is 2.59 bits per heavy atom. The number of hydrogen-bond donors (Lipinski definition) is 3. The van der Waals surface area contributed by atoms with E-state index < -0.39 is 0 Å². The molecule has 0 aliphatic rings. The maximum Gasteiger partial charge on any atom is 0.319 e. The van der Waals surface area contributed by atoms with Crippen LogP contribution in [-0.4, -0.2) is 18.5 Å². The van der Waals surface area contributed by atoms with Crippen LogP contribution < -0.4 is 16.0 Å². The van der Waals surface area contributed by atoms with Crippen molar-refractivity contribution in [2.24, 2.45) is 0 Å². The van der Waals surface area contributed by atoms with E-state index in [1.54, 1.807) is 24.3 Å². The van der Waals surface area contributed by atoms with E-state index in [-0.39, 0.29) is 11.9 Å². The number of carbonyl (C=O) groups is 2. The highest BCUT2D eigenvalue weighted by molar-refractivity contribution is 7.18. The summed E-state index contributed by atoms with van der Waals surface area (Å²) in [5.41, 5.74) is 2.15. The van der Waals surface area contributed by atoms with Gasteiger partial charge in [-0.05, 0) is 43.7 Å². The van der Waals surface area contributed by atoms with Gasteiger partial charge in [0.05, 0.1) is 9.21 Å². The van der Waals surface area contributed by atoms with Crippen LogP contribution in [0.25, 0.3) is 0 Å². The first-order chi connectivity index (χ1) is 10.5. The summed E-state index contributed by atoms with van der Waals surface area (Å²) in [4.78, 5) is 24.2. The van der Waals surface area contributed by atoms with Crippen LogP contribution in [0.2, 0.25) is 4.34 Å². The van der Waals surface area contributed by atoms with Crippen LogP contribution in [-0.2, 0) is 0 Å². The van der Waals surface area contributed by atoms with E-state index in [4.69, 9.17) is 11.6 Å². The van der Waals surface area contributed by atoms with Gasteiger partial charge in [-0.2, -0.15) is 0 Å². The first-order valence-electron chi connectivity index (χ1n) is 6.71. The molecule has 3 amide bonds. The van der Waals surface area contributed by atoms with Crippen LogP contribution >= 0.6 is 22.9 Å². The van der Waals surface area contributed by atoms with Gasteiger partial charge >= 0.3 is 6.03 Å². The number of anilines is 2. The molecule has 2 rings (SSSR count). The van der Waals surface area contributed by atoms with Gasteiger partial charge in [-0.1, -0.05) is 17.7 Å². The Morgan fingerprint density at radius 2 is 1.95 bits per heavy atom. The smallest absolute Gasteiger partial charge is 0.319 e. The molecule has 0 saturated carbocycles. The summed E-state index contributed by atoms with van der Waals surface area (Å²) < 4.78 is 0.563. The van der Waals surface area contributed by atoms with Crippen LogP contribution in [0.15, 0.2) is 30.3 Å². The molecule has 0 aliphatic carbocycles. The van der Waals surface area contributed by atoms with Crippen LogP contribution in [0.3, 0.4) is 0 Å². The van der Waals surface area contributed by atoms with Gasteiger partial charge in [0.25, 0.3) is 5.91 Å². The molecule has 0 atom stereocenters. The third-order valence-electron chi connectivity index (χ3n) is 2.88. The molecule has 0 saturated heterocycles. The van der Waals surface area contributed by atoms with Crippen molar-refractivity contribution >= 4 is 46.3 Å². The molecule has 1 aromatic heterocycles. The van der Waals surface area contributed by atoms with Crippen molar-refractivity contribution in [2.45, 2.75) is 13.8 Å². The molecule has 0 spiro atoms. The molecule has 0 fully saturated rings. The van der Waals surface area contributed by atoms with E-state index >= 15 is 0 Å². The lowest BCUT2D eigenvalue weighted by atomic mass is 10.1. The first-order valence-corrected chi connectivity index (χ1v) is 7.91. The summed E-state index contributed by atoms with van der Waals surface area (Å²) in [5, 5.41) is 8.18. The Hall–Kier alpha value is -2.05. The number of carbonyl (C=O) groups excluding carboxylic acids is 2. The van der Waals surface area contributed by atoms with E-state index in [1.165, 1.54) is 11.3 Å². The fraction of sp³-hybridized carbons (Fsp3) is 0.200. The van der Waals surface area contributed by atoms with Crippen LogP contribution in [0, 0.1) is 6.92 Å². The van der Waals surface area contributed by atoms with Gasteiger partial charge in [0.2, 0.25) is 0 Å². The van der Waals surface area contributed by atoms with Gasteiger partial charge in [0.15, 0.2) is 0 Å². The zero-order valence-electron chi connectivity index (χ0n) is 12.2. The van der Waals surface area contributed by atoms with Gasteiger partial charge in [-0.15, -0.1) is 11.3 Å². The highest BCUT2D eigenvalue weighted by atomic mass is 35.5. The Kier molecular flexibility index (Phi) is 5.41. The number of thiophene rings is 1. The number of nitrogens with one attached hydrogen (secondary N) is 3. The fourth-order valence-electron chi connectivity index (χ4n) is 1.79. The highest BCUT2D eigenvalue weighted by Gasteiger charge is 2.11. The quantitative estimate of drug-likeness (QED) is 0.786. The summed E-state index contributed by atoms with van der Waals surface area (Å²) in [6.07, 6.45) is 0. The lowest BCUT2D eigenvalue weighted by Gasteiger charge is -2.11. The number of urea groups is 1. The molecule has 0 radical (unpaired) electrons. The van der Waals surface area contributed by atoms with Crippen LogP contribution in [0.5, 0.6) is 0 Å². The topological polar surface area (TPSA) is 70.2 Å². The molecular formula is C15H16ClN3O2S. The van der Waals surface area contributed by atoms with Crippen molar-refractivity contribution in [2.75, 3.05) is 17.2 Å². The summed E-state index contributed by atoms with van der Waals surface area (Å²) in [7, 11) is 0.